The van der Waals surface area contributed by atoms with Gasteiger partial charge in [0.15, 0.2) is 0 Å². The predicted octanol–water partition coefficient (Wildman–Crippen LogP) is 1.16. The fourth-order valence-electron chi connectivity index (χ4n) is 2.30. The van der Waals surface area contributed by atoms with Crippen LogP contribution in [0.1, 0.15) is 5.56 Å². The molecule has 4 heteroatoms. The lowest BCUT2D eigenvalue weighted by Gasteiger charge is -2.30. The molecule has 0 bridgehead atoms. The van der Waals surface area contributed by atoms with Crippen molar-refractivity contribution in [3.05, 3.63) is 29.8 Å². The maximum Gasteiger partial charge on any atom is 0.119 e. The third-order valence-electron chi connectivity index (χ3n) is 3.41. The summed E-state index contributed by atoms with van der Waals surface area (Å²) in [6.45, 7) is 3.64. The molecule has 3 rings (SSSR count). The van der Waals surface area contributed by atoms with Crippen LogP contribution in [-0.4, -0.2) is 44.7 Å². The van der Waals surface area contributed by atoms with Crippen LogP contribution < -0.4 is 10.1 Å². The first-order valence-electron chi connectivity index (χ1n) is 6.33. The lowest BCUT2D eigenvalue weighted by Crippen LogP contribution is -2.49. The predicted molar refractivity (Wildman–Crippen MR) is 73.1 cm³/mol. The van der Waals surface area contributed by atoms with Gasteiger partial charge in [0.1, 0.15) is 5.75 Å². The molecule has 0 aromatic heterocycles. The van der Waals surface area contributed by atoms with Crippen LogP contribution >= 0.6 is 0 Å². The summed E-state index contributed by atoms with van der Waals surface area (Å²) in [5.74, 6) is 1.39. The van der Waals surface area contributed by atoms with E-state index < -0.39 is 0 Å². The van der Waals surface area contributed by atoms with Crippen molar-refractivity contribution in [1.82, 2.24) is 5.32 Å². The molecule has 0 amide bonds. The molecule has 2 heterocycles. The number of methoxy groups -OCH3 is 1. The largest absolute Gasteiger partial charge is 0.497 e. The molecule has 2 aliphatic rings. The fourth-order valence-corrected chi connectivity index (χ4v) is 2.30. The van der Waals surface area contributed by atoms with E-state index in [-0.39, 0.29) is 0 Å². The van der Waals surface area contributed by atoms with Gasteiger partial charge in [-0.15, -0.1) is 0 Å². The minimum absolute atomic E-state index is 0.523. The zero-order chi connectivity index (χ0) is 12.4. The molecule has 1 N–H and O–H groups in total. The average Bonchev–Trinajstić information content (AvgIpc) is 2.37. The Kier molecular flexibility index (Phi) is 3.11. The van der Waals surface area contributed by atoms with E-state index in [0.29, 0.717) is 5.92 Å². The molecule has 0 saturated carbocycles. The van der Waals surface area contributed by atoms with Crippen molar-refractivity contribution >= 4 is 11.4 Å². The van der Waals surface area contributed by atoms with Crippen molar-refractivity contribution in [1.29, 1.82) is 0 Å². The first-order valence-corrected chi connectivity index (χ1v) is 6.33. The van der Waals surface area contributed by atoms with Gasteiger partial charge >= 0.3 is 0 Å². The van der Waals surface area contributed by atoms with Gasteiger partial charge in [-0.2, -0.15) is 0 Å². The highest BCUT2D eigenvalue weighted by molar-refractivity contribution is 6.49. The second-order valence-corrected chi connectivity index (χ2v) is 4.58. The summed E-state index contributed by atoms with van der Waals surface area (Å²) in [5.41, 5.74) is 3.32. The third-order valence-corrected chi connectivity index (χ3v) is 3.41. The Balaban J connectivity index is 1.93. The molecule has 1 aromatic rings. The first kappa shape index (κ1) is 11.4. The Morgan fingerprint density at radius 1 is 1.22 bits per heavy atom. The van der Waals surface area contributed by atoms with Crippen LogP contribution in [0.15, 0.2) is 34.3 Å². The number of hydrogen-bond acceptors (Lipinski definition) is 4. The molecule has 0 atom stereocenters. The lowest BCUT2D eigenvalue weighted by molar-refractivity contribution is 0.414. The SMILES string of the molecule is COc1cccc(C2=NCCN=C2C2CNC2)c1. The maximum absolute atomic E-state index is 5.27. The maximum atomic E-state index is 5.27. The number of aliphatic imine (C=N–C) groups is 2. The van der Waals surface area contributed by atoms with Crippen molar-refractivity contribution in [3.63, 3.8) is 0 Å². The molecule has 1 fully saturated rings. The van der Waals surface area contributed by atoms with Gasteiger partial charge in [0.05, 0.1) is 31.6 Å². The van der Waals surface area contributed by atoms with Gasteiger partial charge in [-0.1, -0.05) is 12.1 Å². The Hall–Kier alpha value is -1.68. The number of hydrogen-bond donors (Lipinski definition) is 1. The molecule has 0 aliphatic carbocycles. The highest BCUT2D eigenvalue weighted by atomic mass is 16.5. The van der Waals surface area contributed by atoms with Crippen molar-refractivity contribution in [2.24, 2.45) is 15.9 Å². The Labute approximate surface area is 107 Å². The molecular weight excluding hydrogens is 226 g/mol. The van der Waals surface area contributed by atoms with Crippen molar-refractivity contribution < 1.29 is 4.74 Å². The molecule has 0 spiro atoms. The first-order chi connectivity index (χ1) is 8.88. The Bertz CT molecular complexity index is 504. The van der Waals surface area contributed by atoms with Crippen LogP contribution in [0.25, 0.3) is 0 Å². The molecule has 0 radical (unpaired) electrons. The van der Waals surface area contributed by atoms with E-state index in [1.54, 1.807) is 7.11 Å². The Morgan fingerprint density at radius 2 is 2.06 bits per heavy atom. The van der Waals surface area contributed by atoms with E-state index in [2.05, 4.69) is 21.4 Å². The molecule has 18 heavy (non-hydrogen) atoms. The number of benzene rings is 1. The van der Waals surface area contributed by atoms with E-state index >= 15 is 0 Å². The van der Waals surface area contributed by atoms with Crippen LogP contribution in [0.3, 0.4) is 0 Å². The van der Waals surface area contributed by atoms with Crippen molar-refractivity contribution in [2.45, 2.75) is 0 Å². The summed E-state index contributed by atoms with van der Waals surface area (Å²) in [5, 5.41) is 3.29. The summed E-state index contributed by atoms with van der Waals surface area (Å²) in [7, 11) is 1.69. The van der Waals surface area contributed by atoms with E-state index in [1.807, 2.05) is 18.2 Å². The number of nitrogens with zero attached hydrogens (tertiary/aromatic N) is 2. The summed E-state index contributed by atoms with van der Waals surface area (Å²) in [6, 6.07) is 8.07. The zero-order valence-corrected chi connectivity index (χ0v) is 10.5. The van der Waals surface area contributed by atoms with Crippen LogP contribution in [-0.2, 0) is 0 Å². The second-order valence-electron chi connectivity index (χ2n) is 4.58. The molecule has 1 aromatic carbocycles. The average molecular weight is 243 g/mol. The smallest absolute Gasteiger partial charge is 0.119 e. The molecule has 0 unspecified atom stereocenters. The van der Waals surface area contributed by atoms with Gasteiger partial charge in [-0.05, 0) is 12.1 Å². The van der Waals surface area contributed by atoms with E-state index in [9.17, 15) is 0 Å². The van der Waals surface area contributed by atoms with Crippen molar-refractivity contribution in [2.75, 3.05) is 33.3 Å². The molecule has 2 aliphatic heterocycles. The number of nitrogens with one attached hydrogen (secondary N) is 1. The van der Waals surface area contributed by atoms with Gasteiger partial charge < -0.3 is 10.1 Å². The van der Waals surface area contributed by atoms with E-state index in [4.69, 9.17) is 4.74 Å². The summed E-state index contributed by atoms with van der Waals surface area (Å²) in [4.78, 5) is 9.33. The minimum Gasteiger partial charge on any atom is -0.497 e. The van der Waals surface area contributed by atoms with E-state index in [0.717, 1.165) is 48.9 Å². The van der Waals surface area contributed by atoms with E-state index in [1.165, 1.54) is 0 Å². The highest BCUT2D eigenvalue weighted by Crippen LogP contribution is 2.19. The second kappa shape index (κ2) is 4.90. The fraction of sp³-hybridized carbons (Fsp3) is 0.429. The zero-order valence-electron chi connectivity index (χ0n) is 10.5. The summed E-state index contributed by atoms with van der Waals surface area (Å²) in [6.07, 6.45) is 0. The summed E-state index contributed by atoms with van der Waals surface area (Å²) < 4.78 is 5.27. The topological polar surface area (TPSA) is 46.0 Å². The van der Waals surface area contributed by atoms with Gasteiger partial charge in [-0.25, -0.2) is 0 Å². The normalized spacial score (nSPS) is 19.8. The molecule has 94 valence electrons. The highest BCUT2D eigenvalue weighted by Gasteiger charge is 2.28. The van der Waals surface area contributed by atoms with Crippen LogP contribution in [0.2, 0.25) is 0 Å². The van der Waals surface area contributed by atoms with Crippen LogP contribution in [0, 0.1) is 5.92 Å². The Morgan fingerprint density at radius 3 is 2.78 bits per heavy atom. The van der Waals surface area contributed by atoms with Crippen molar-refractivity contribution in [3.8, 4) is 5.75 Å². The molecule has 4 nitrogen and oxygen atoms in total. The number of ether oxygens (including phenoxy) is 1. The van der Waals surface area contributed by atoms with Gasteiger partial charge in [0, 0.05) is 24.6 Å². The quantitative estimate of drug-likeness (QED) is 0.866. The lowest BCUT2D eigenvalue weighted by atomic mass is 9.90. The van der Waals surface area contributed by atoms with Gasteiger partial charge in [-0.3, -0.25) is 9.98 Å². The van der Waals surface area contributed by atoms with Crippen LogP contribution in [0.4, 0.5) is 0 Å². The molecule has 1 saturated heterocycles. The standard InChI is InChI=1S/C14H17N3O/c1-18-12-4-2-3-10(7-12)13-14(11-8-15-9-11)17-6-5-16-13/h2-4,7,11,15H,5-6,8-9H2,1H3. The monoisotopic (exact) mass is 243 g/mol. The third kappa shape index (κ3) is 2.04. The summed E-state index contributed by atoms with van der Waals surface area (Å²) >= 11 is 0. The van der Waals surface area contributed by atoms with Crippen LogP contribution in [0.5, 0.6) is 5.75 Å². The minimum atomic E-state index is 0.523. The number of rotatable bonds is 3. The van der Waals surface area contributed by atoms with Gasteiger partial charge in [0.2, 0.25) is 0 Å². The van der Waals surface area contributed by atoms with Gasteiger partial charge in [0.25, 0.3) is 0 Å². The molecular formula is C14H17N3O.